The standard InChI is InChI=1S/C26H34O7/c1-2-17-5-7-18(8-6-17)12-20-10-9-19(16-31-24-4-3-11-30-24)13-23(20)33-26-25(29)22(28)14-21(15-27)32-26/h5-10,13,21-22,24-29H,2-4,11-12,14-16H2,1H3/t21-,22-,24?,25+,26-/m0/s1. The highest BCUT2D eigenvalue weighted by molar-refractivity contribution is 5.41. The van der Waals surface area contributed by atoms with Crippen LogP contribution in [0, 0.1) is 0 Å². The third-order valence-corrected chi connectivity index (χ3v) is 6.23. The number of aliphatic hydroxyl groups is 3. The van der Waals surface area contributed by atoms with E-state index in [-0.39, 0.29) is 19.3 Å². The SMILES string of the molecule is CCc1ccc(Cc2ccc(COC3CCCO3)cc2O[C@@H]2O[C@H](CO)C[C@H](O)[C@H]2O)cc1. The average molecular weight is 459 g/mol. The summed E-state index contributed by atoms with van der Waals surface area (Å²) < 4.78 is 23.2. The second-order valence-corrected chi connectivity index (χ2v) is 8.76. The van der Waals surface area contributed by atoms with Crippen LogP contribution in [0.1, 0.15) is 48.4 Å². The summed E-state index contributed by atoms with van der Waals surface area (Å²) in [7, 11) is 0. The highest BCUT2D eigenvalue weighted by atomic mass is 16.7. The lowest BCUT2D eigenvalue weighted by Gasteiger charge is -2.36. The highest BCUT2D eigenvalue weighted by Crippen LogP contribution is 2.29. The van der Waals surface area contributed by atoms with Crippen LogP contribution in [-0.4, -0.2) is 59.4 Å². The van der Waals surface area contributed by atoms with E-state index in [9.17, 15) is 15.3 Å². The monoisotopic (exact) mass is 458 g/mol. The zero-order valence-corrected chi connectivity index (χ0v) is 19.1. The van der Waals surface area contributed by atoms with Crippen molar-refractivity contribution < 1.29 is 34.3 Å². The number of ether oxygens (including phenoxy) is 4. The first kappa shape index (κ1) is 24.1. The minimum atomic E-state index is -1.21. The fourth-order valence-corrected chi connectivity index (χ4v) is 4.18. The second-order valence-electron chi connectivity index (χ2n) is 8.76. The molecule has 2 aliphatic heterocycles. The Bertz CT molecular complexity index is 879. The van der Waals surface area contributed by atoms with E-state index in [0.29, 0.717) is 18.8 Å². The molecule has 2 aromatic rings. The van der Waals surface area contributed by atoms with Gasteiger partial charge < -0.3 is 34.3 Å². The lowest BCUT2D eigenvalue weighted by molar-refractivity contribution is -0.240. The molecule has 0 aliphatic carbocycles. The Hall–Kier alpha value is -2.00. The van der Waals surface area contributed by atoms with E-state index >= 15 is 0 Å². The third kappa shape index (κ3) is 6.32. The predicted molar refractivity (Wildman–Crippen MR) is 122 cm³/mol. The number of rotatable bonds is 9. The molecule has 0 saturated carbocycles. The number of hydrogen-bond donors (Lipinski definition) is 3. The fourth-order valence-electron chi connectivity index (χ4n) is 4.18. The van der Waals surface area contributed by atoms with E-state index < -0.39 is 24.6 Å². The van der Waals surface area contributed by atoms with Crippen molar-refractivity contribution in [3.8, 4) is 5.75 Å². The lowest BCUT2D eigenvalue weighted by Crippen LogP contribution is -2.51. The van der Waals surface area contributed by atoms with Crippen molar-refractivity contribution in [2.24, 2.45) is 0 Å². The van der Waals surface area contributed by atoms with Gasteiger partial charge in [0, 0.05) is 25.9 Å². The van der Waals surface area contributed by atoms with Crippen LogP contribution in [0.3, 0.4) is 0 Å². The molecule has 0 spiro atoms. The minimum Gasteiger partial charge on any atom is -0.462 e. The molecule has 7 nitrogen and oxygen atoms in total. The van der Waals surface area contributed by atoms with E-state index in [1.807, 2.05) is 18.2 Å². The van der Waals surface area contributed by atoms with Crippen molar-refractivity contribution in [1.82, 2.24) is 0 Å². The largest absolute Gasteiger partial charge is 0.462 e. The van der Waals surface area contributed by atoms with Gasteiger partial charge in [-0.2, -0.15) is 0 Å². The summed E-state index contributed by atoms with van der Waals surface area (Å²) in [5.74, 6) is 0.554. The van der Waals surface area contributed by atoms with Crippen molar-refractivity contribution >= 4 is 0 Å². The van der Waals surface area contributed by atoms with Gasteiger partial charge in [0.2, 0.25) is 6.29 Å². The Morgan fingerprint density at radius 1 is 1.03 bits per heavy atom. The van der Waals surface area contributed by atoms with Crippen molar-refractivity contribution in [2.45, 2.75) is 76.5 Å². The quantitative estimate of drug-likeness (QED) is 0.532. The van der Waals surface area contributed by atoms with Crippen molar-refractivity contribution in [1.29, 1.82) is 0 Å². The van der Waals surface area contributed by atoms with Gasteiger partial charge in [-0.05, 0) is 41.2 Å². The average Bonchev–Trinajstić information content (AvgIpc) is 3.36. The molecule has 2 heterocycles. The number of aliphatic hydroxyl groups excluding tert-OH is 3. The van der Waals surface area contributed by atoms with Gasteiger partial charge in [0.05, 0.1) is 25.4 Å². The summed E-state index contributed by atoms with van der Waals surface area (Å²) in [5.41, 5.74) is 4.25. The normalized spacial score (nSPS) is 27.6. The maximum absolute atomic E-state index is 10.4. The van der Waals surface area contributed by atoms with Gasteiger partial charge in [-0.25, -0.2) is 0 Å². The summed E-state index contributed by atoms with van der Waals surface area (Å²) in [4.78, 5) is 0. The molecule has 180 valence electrons. The smallest absolute Gasteiger partial charge is 0.229 e. The van der Waals surface area contributed by atoms with E-state index in [4.69, 9.17) is 18.9 Å². The van der Waals surface area contributed by atoms with Gasteiger partial charge in [-0.1, -0.05) is 43.3 Å². The van der Waals surface area contributed by atoms with E-state index in [0.717, 1.165) is 42.6 Å². The van der Waals surface area contributed by atoms with Crippen LogP contribution in [0.2, 0.25) is 0 Å². The van der Waals surface area contributed by atoms with Crippen LogP contribution in [0.5, 0.6) is 5.75 Å². The lowest BCUT2D eigenvalue weighted by atomic mass is 10.00. The molecule has 2 saturated heterocycles. The van der Waals surface area contributed by atoms with Crippen molar-refractivity contribution in [3.05, 3.63) is 64.7 Å². The van der Waals surface area contributed by atoms with Crippen LogP contribution >= 0.6 is 0 Å². The Kier molecular flexibility index (Phi) is 8.35. The molecule has 2 fully saturated rings. The molecule has 2 aromatic carbocycles. The fraction of sp³-hybridized carbons (Fsp3) is 0.538. The molecule has 0 amide bonds. The Labute approximate surface area is 194 Å². The molecule has 5 atom stereocenters. The van der Waals surface area contributed by atoms with E-state index in [1.54, 1.807) is 0 Å². The molecule has 0 aromatic heterocycles. The zero-order valence-electron chi connectivity index (χ0n) is 19.1. The first-order valence-corrected chi connectivity index (χ1v) is 11.8. The minimum absolute atomic E-state index is 0.156. The zero-order chi connectivity index (χ0) is 23.2. The molecular weight excluding hydrogens is 424 g/mol. The van der Waals surface area contributed by atoms with E-state index in [1.165, 1.54) is 5.56 Å². The second kappa shape index (κ2) is 11.4. The van der Waals surface area contributed by atoms with Crippen LogP contribution in [0.25, 0.3) is 0 Å². The Morgan fingerprint density at radius 2 is 1.79 bits per heavy atom. The molecule has 7 heteroatoms. The van der Waals surface area contributed by atoms with Crippen LogP contribution in [0.15, 0.2) is 42.5 Å². The Balaban J connectivity index is 1.54. The van der Waals surface area contributed by atoms with Crippen LogP contribution in [-0.2, 0) is 33.7 Å². The first-order valence-electron chi connectivity index (χ1n) is 11.8. The molecule has 3 N–H and O–H groups in total. The molecule has 2 aliphatic rings. The molecule has 4 rings (SSSR count). The summed E-state index contributed by atoms with van der Waals surface area (Å²) >= 11 is 0. The number of aryl methyl sites for hydroxylation is 1. The first-order chi connectivity index (χ1) is 16.1. The topological polar surface area (TPSA) is 97.6 Å². The van der Waals surface area contributed by atoms with Gasteiger partial charge in [-0.3, -0.25) is 0 Å². The van der Waals surface area contributed by atoms with E-state index in [2.05, 4.69) is 31.2 Å². The summed E-state index contributed by atoms with van der Waals surface area (Å²) in [5, 5.41) is 30.1. The van der Waals surface area contributed by atoms with Gasteiger partial charge in [0.1, 0.15) is 11.9 Å². The third-order valence-electron chi connectivity index (χ3n) is 6.23. The van der Waals surface area contributed by atoms with Gasteiger partial charge in [-0.15, -0.1) is 0 Å². The van der Waals surface area contributed by atoms with Gasteiger partial charge >= 0.3 is 0 Å². The molecule has 1 unspecified atom stereocenters. The van der Waals surface area contributed by atoms with Crippen LogP contribution in [0.4, 0.5) is 0 Å². The molecular formula is C26H34O7. The predicted octanol–water partition coefficient (Wildman–Crippen LogP) is 2.70. The van der Waals surface area contributed by atoms with Crippen molar-refractivity contribution in [2.75, 3.05) is 13.2 Å². The van der Waals surface area contributed by atoms with Crippen LogP contribution < -0.4 is 4.74 Å². The van der Waals surface area contributed by atoms with Gasteiger partial charge in [0.15, 0.2) is 6.29 Å². The number of benzene rings is 2. The molecule has 0 radical (unpaired) electrons. The highest BCUT2D eigenvalue weighted by Gasteiger charge is 2.38. The molecule has 33 heavy (non-hydrogen) atoms. The summed E-state index contributed by atoms with van der Waals surface area (Å²) in [6.45, 7) is 2.97. The number of hydrogen-bond acceptors (Lipinski definition) is 7. The maximum atomic E-state index is 10.4. The van der Waals surface area contributed by atoms with Gasteiger partial charge in [0.25, 0.3) is 0 Å². The van der Waals surface area contributed by atoms with Crippen molar-refractivity contribution in [3.63, 3.8) is 0 Å². The summed E-state index contributed by atoms with van der Waals surface area (Å²) in [6.07, 6.45) is -0.434. The molecule has 0 bridgehead atoms. The summed E-state index contributed by atoms with van der Waals surface area (Å²) in [6, 6.07) is 14.3. The maximum Gasteiger partial charge on any atom is 0.229 e. The Morgan fingerprint density at radius 3 is 2.48 bits per heavy atom.